The Morgan fingerprint density at radius 1 is 1.45 bits per heavy atom. The number of nitrogens with one attached hydrogen (secondary N) is 2. The summed E-state index contributed by atoms with van der Waals surface area (Å²) in [5.41, 5.74) is 0.938. The minimum atomic E-state index is -0.0620. The summed E-state index contributed by atoms with van der Waals surface area (Å²) in [6.07, 6.45) is 4.89. The molecular formula is C14H22N4OS. The fourth-order valence-electron chi connectivity index (χ4n) is 3.30. The maximum atomic E-state index is 12.0. The predicted molar refractivity (Wildman–Crippen MR) is 79.8 cm³/mol. The van der Waals surface area contributed by atoms with Crippen molar-refractivity contribution >= 4 is 17.4 Å². The molecule has 1 aromatic rings. The number of amides is 2. The lowest BCUT2D eigenvalue weighted by Crippen LogP contribution is -2.49. The Labute approximate surface area is 123 Å². The van der Waals surface area contributed by atoms with E-state index in [-0.39, 0.29) is 6.03 Å². The second-order valence-electron chi connectivity index (χ2n) is 5.68. The number of carbonyl (C=O) groups is 1. The zero-order valence-corrected chi connectivity index (χ0v) is 12.7. The molecule has 2 atom stereocenters. The number of thiazole rings is 1. The molecule has 5 nitrogen and oxygen atoms in total. The van der Waals surface area contributed by atoms with Gasteiger partial charge in [-0.05, 0) is 32.7 Å². The smallest absolute Gasteiger partial charge is 0.315 e. The van der Waals surface area contributed by atoms with E-state index in [0.717, 1.165) is 23.7 Å². The highest BCUT2D eigenvalue weighted by Crippen LogP contribution is 2.26. The van der Waals surface area contributed by atoms with Crippen molar-refractivity contribution in [2.24, 2.45) is 0 Å². The maximum Gasteiger partial charge on any atom is 0.315 e. The molecule has 3 rings (SSSR count). The van der Waals surface area contributed by atoms with Gasteiger partial charge in [-0.25, -0.2) is 9.78 Å². The van der Waals surface area contributed by atoms with Crippen LogP contribution in [0.3, 0.4) is 0 Å². The van der Waals surface area contributed by atoms with Crippen molar-refractivity contribution in [3.63, 3.8) is 0 Å². The van der Waals surface area contributed by atoms with E-state index in [0.29, 0.717) is 18.6 Å². The average molecular weight is 294 g/mol. The maximum absolute atomic E-state index is 12.0. The standard InChI is InChI=1S/C14H22N4OS/c1-10-16-11(9-20-10)8-15-14(19)17-12-5-7-18-6-3-2-4-13(12)18/h9,12-13H,2-8H2,1H3,(H2,15,17,19)/t12-,13-/m1/s1. The molecule has 0 radical (unpaired) electrons. The molecule has 3 heterocycles. The Balaban J connectivity index is 1.46. The number of piperidine rings is 1. The van der Waals surface area contributed by atoms with Crippen molar-refractivity contribution in [2.75, 3.05) is 13.1 Å². The minimum absolute atomic E-state index is 0.0620. The zero-order valence-electron chi connectivity index (χ0n) is 11.9. The first-order valence-electron chi connectivity index (χ1n) is 7.42. The molecule has 0 unspecified atom stereocenters. The van der Waals surface area contributed by atoms with Gasteiger partial charge in [-0.1, -0.05) is 6.42 Å². The molecule has 2 saturated heterocycles. The zero-order chi connectivity index (χ0) is 13.9. The van der Waals surface area contributed by atoms with Crippen molar-refractivity contribution < 1.29 is 4.79 Å². The number of carbonyl (C=O) groups excluding carboxylic acids is 1. The highest BCUT2D eigenvalue weighted by Gasteiger charge is 2.36. The largest absolute Gasteiger partial charge is 0.334 e. The highest BCUT2D eigenvalue weighted by molar-refractivity contribution is 7.09. The number of aryl methyl sites for hydroxylation is 1. The first-order chi connectivity index (χ1) is 9.72. The normalized spacial score (nSPS) is 26.2. The number of aromatic nitrogens is 1. The predicted octanol–water partition coefficient (Wildman–Crippen LogP) is 1.88. The lowest BCUT2D eigenvalue weighted by Gasteiger charge is -2.32. The van der Waals surface area contributed by atoms with Gasteiger partial charge in [0.2, 0.25) is 0 Å². The number of hydrogen-bond donors (Lipinski definition) is 2. The van der Waals surface area contributed by atoms with Gasteiger partial charge in [-0.2, -0.15) is 0 Å². The van der Waals surface area contributed by atoms with Crippen LogP contribution >= 0.6 is 11.3 Å². The third kappa shape index (κ3) is 3.12. The van der Waals surface area contributed by atoms with Gasteiger partial charge in [0.1, 0.15) is 0 Å². The van der Waals surface area contributed by atoms with Gasteiger partial charge in [-0.3, -0.25) is 4.90 Å². The Morgan fingerprint density at radius 3 is 3.15 bits per heavy atom. The van der Waals surface area contributed by atoms with Gasteiger partial charge < -0.3 is 10.6 Å². The summed E-state index contributed by atoms with van der Waals surface area (Å²) in [6, 6.07) is 0.802. The molecule has 2 aliphatic rings. The number of fused-ring (bicyclic) bond motifs is 1. The molecule has 6 heteroatoms. The van der Waals surface area contributed by atoms with Gasteiger partial charge in [0.05, 0.1) is 17.2 Å². The summed E-state index contributed by atoms with van der Waals surface area (Å²) in [5, 5.41) is 9.08. The molecule has 0 saturated carbocycles. The number of hydrogen-bond acceptors (Lipinski definition) is 4. The van der Waals surface area contributed by atoms with Crippen LogP contribution in [0.2, 0.25) is 0 Å². The lowest BCUT2D eigenvalue weighted by atomic mass is 9.99. The third-order valence-electron chi connectivity index (χ3n) is 4.27. The van der Waals surface area contributed by atoms with Crippen molar-refractivity contribution in [1.29, 1.82) is 0 Å². The summed E-state index contributed by atoms with van der Waals surface area (Å²) in [6.45, 7) is 4.81. The summed E-state index contributed by atoms with van der Waals surface area (Å²) in [4.78, 5) is 18.9. The van der Waals surface area contributed by atoms with Crippen LogP contribution in [0, 0.1) is 6.92 Å². The first kappa shape index (κ1) is 13.8. The number of nitrogens with zero attached hydrogens (tertiary/aromatic N) is 2. The average Bonchev–Trinajstić information content (AvgIpc) is 3.04. The molecule has 2 amide bonds. The van der Waals surface area contributed by atoms with Gasteiger partial charge in [0.15, 0.2) is 0 Å². The highest BCUT2D eigenvalue weighted by atomic mass is 32.1. The monoisotopic (exact) mass is 294 g/mol. The summed E-state index contributed by atoms with van der Waals surface area (Å²) in [7, 11) is 0. The molecular weight excluding hydrogens is 272 g/mol. The van der Waals surface area contributed by atoms with E-state index in [1.807, 2.05) is 12.3 Å². The number of urea groups is 1. The summed E-state index contributed by atoms with van der Waals surface area (Å²) < 4.78 is 0. The van der Waals surface area contributed by atoms with Gasteiger partial charge in [-0.15, -0.1) is 11.3 Å². The van der Waals surface area contributed by atoms with Crippen molar-refractivity contribution in [3.05, 3.63) is 16.1 Å². The second kappa shape index (κ2) is 6.10. The summed E-state index contributed by atoms with van der Waals surface area (Å²) in [5.74, 6) is 0. The van der Waals surface area contributed by atoms with E-state index in [4.69, 9.17) is 0 Å². The molecule has 0 bridgehead atoms. The summed E-state index contributed by atoms with van der Waals surface area (Å²) >= 11 is 1.61. The SMILES string of the molecule is Cc1nc(CNC(=O)N[C@@H]2CCN3CCCC[C@H]23)cs1. The van der Waals surface area contributed by atoms with E-state index in [1.165, 1.54) is 25.8 Å². The Morgan fingerprint density at radius 2 is 2.35 bits per heavy atom. The van der Waals surface area contributed by atoms with Crippen LogP contribution in [-0.2, 0) is 6.54 Å². The van der Waals surface area contributed by atoms with E-state index in [2.05, 4.69) is 20.5 Å². The van der Waals surface area contributed by atoms with Gasteiger partial charge in [0.25, 0.3) is 0 Å². The molecule has 0 aliphatic carbocycles. The molecule has 20 heavy (non-hydrogen) atoms. The molecule has 2 N–H and O–H groups in total. The Bertz CT molecular complexity index is 475. The van der Waals surface area contributed by atoms with Crippen LogP contribution in [0.15, 0.2) is 5.38 Å². The second-order valence-corrected chi connectivity index (χ2v) is 6.74. The van der Waals surface area contributed by atoms with Crippen molar-refractivity contribution in [3.8, 4) is 0 Å². The van der Waals surface area contributed by atoms with Crippen LogP contribution in [0.1, 0.15) is 36.4 Å². The number of rotatable bonds is 3. The fourth-order valence-corrected chi connectivity index (χ4v) is 3.91. The van der Waals surface area contributed by atoms with Crippen LogP contribution in [0.25, 0.3) is 0 Å². The molecule has 2 fully saturated rings. The van der Waals surface area contributed by atoms with Crippen LogP contribution in [0.5, 0.6) is 0 Å². The van der Waals surface area contributed by atoms with E-state index in [1.54, 1.807) is 11.3 Å². The van der Waals surface area contributed by atoms with E-state index in [9.17, 15) is 4.79 Å². The third-order valence-corrected chi connectivity index (χ3v) is 5.09. The van der Waals surface area contributed by atoms with Crippen molar-refractivity contribution in [2.45, 2.75) is 51.2 Å². The van der Waals surface area contributed by atoms with Crippen LogP contribution in [0.4, 0.5) is 4.79 Å². The van der Waals surface area contributed by atoms with Crippen molar-refractivity contribution in [1.82, 2.24) is 20.5 Å². The molecule has 2 aliphatic heterocycles. The fraction of sp³-hybridized carbons (Fsp3) is 0.714. The molecule has 0 aromatic carbocycles. The molecule has 110 valence electrons. The van der Waals surface area contributed by atoms with Crippen LogP contribution < -0.4 is 10.6 Å². The topological polar surface area (TPSA) is 57.3 Å². The minimum Gasteiger partial charge on any atom is -0.334 e. The quantitative estimate of drug-likeness (QED) is 0.895. The molecule has 0 spiro atoms. The van der Waals surface area contributed by atoms with Gasteiger partial charge in [0, 0.05) is 24.0 Å². The Kier molecular flexibility index (Phi) is 4.21. The van der Waals surface area contributed by atoms with Crippen LogP contribution in [-0.4, -0.2) is 41.1 Å². The van der Waals surface area contributed by atoms with E-state index < -0.39 is 0 Å². The molecule has 1 aromatic heterocycles. The van der Waals surface area contributed by atoms with E-state index >= 15 is 0 Å². The lowest BCUT2D eigenvalue weighted by molar-refractivity contribution is 0.179. The van der Waals surface area contributed by atoms with Gasteiger partial charge >= 0.3 is 6.03 Å². The Hall–Kier alpha value is -1.14. The first-order valence-corrected chi connectivity index (χ1v) is 8.30.